The van der Waals surface area contributed by atoms with E-state index in [2.05, 4.69) is 29.2 Å². The van der Waals surface area contributed by atoms with E-state index in [1.165, 1.54) is 25.7 Å². The number of piperidine rings is 1. The molecule has 1 saturated carbocycles. The first-order chi connectivity index (χ1) is 17.5. The molecule has 1 aliphatic carbocycles. The van der Waals surface area contributed by atoms with Crippen LogP contribution in [0.3, 0.4) is 0 Å². The number of ether oxygens (including phenoxy) is 1. The molecule has 1 saturated heterocycles. The third-order valence-electron chi connectivity index (χ3n) is 8.05. The van der Waals surface area contributed by atoms with E-state index in [1.807, 2.05) is 24.1 Å². The Bertz CT molecular complexity index is 1330. The number of pyridine rings is 2. The lowest BCUT2D eigenvalue weighted by molar-refractivity contribution is -0.127. The van der Waals surface area contributed by atoms with E-state index in [9.17, 15) is 10.1 Å². The lowest BCUT2D eigenvalue weighted by atomic mass is 9.65. The average Bonchev–Trinajstić information content (AvgIpc) is 3.33. The highest BCUT2D eigenvalue weighted by molar-refractivity contribution is 5.92. The van der Waals surface area contributed by atoms with Crippen LogP contribution >= 0.6 is 0 Å². The maximum absolute atomic E-state index is 11.8. The SMILES string of the molecule is C#CC(=O)N1CCC2(CCC(Cc3ccc(-c4cc(OCC)cn5ncc(C#N)c45)cn3)CC2)CC1. The lowest BCUT2D eigenvalue weighted by Gasteiger charge is -2.45. The number of carbonyl (C=O) groups is 1. The number of aromatic nitrogens is 3. The number of fused-ring (bicyclic) bond motifs is 1. The van der Waals surface area contributed by atoms with E-state index >= 15 is 0 Å². The number of nitrogens with zero attached hydrogens (tertiary/aromatic N) is 5. The van der Waals surface area contributed by atoms with E-state index in [-0.39, 0.29) is 5.91 Å². The normalized spacial score (nSPS) is 17.6. The van der Waals surface area contributed by atoms with Crippen LogP contribution in [0, 0.1) is 35.0 Å². The molecule has 1 spiro atoms. The van der Waals surface area contributed by atoms with Gasteiger partial charge < -0.3 is 9.64 Å². The van der Waals surface area contributed by atoms with Gasteiger partial charge in [0.05, 0.1) is 30.1 Å². The van der Waals surface area contributed by atoms with Crippen LogP contribution in [0.4, 0.5) is 0 Å². The predicted octanol–water partition coefficient (Wildman–Crippen LogP) is 4.64. The minimum atomic E-state index is -0.171. The number of terminal acetylenes is 1. The van der Waals surface area contributed by atoms with E-state index < -0.39 is 0 Å². The van der Waals surface area contributed by atoms with Crippen LogP contribution in [0.15, 0.2) is 36.8 Å². The molecule has 0 atom stereocenters. The van der Waals surface area contributed by atoms with Crippen LogP contribution in [0.1, 0.15) is 56.7 Å². The fourth-order valence-corrected chi connectivity index (χ4v) is 5.91. The van der Waals surface area contributed by atoms with Gasteiger partial charge in [-0.05, 0) is 81.3 Å². The molecule has 0 unspecified atom stereocenters. The molecule has 3 aromatic heterocycles. The molecule has 2 aliphatic rings. The Balaban J connectivity index is 1.25. The fraction of sp³-hybridized carbons (Fsp3) is 0.448. The number of amides is 1. The summed E-state index contributed by atoms with van der Waals surface area (Å²) >= 11 is 0. The van der Waals surface area contributed by atoms with Gasteiger partial charge in [0.2, 0.25) is 0 Å². The molecule has 1 amide bonds. The van der Waals surface area contributed by atoms with Gasteiger partial charge in [0.1, 0.15) is 11.8 Å². The largest absolute Gasteiger partial charge is 0.492 e. The Hall–Kier alpha value is -3.84. The first-order valence-corrected chi connectivity index (χ1v) is 12.8. The molecule has 184 valence electrons. The highest BCUT2D eigenvalue weighted by Gasteiger charge is 2.38. The van der Waals surface area contributed by atoms with E-state index in [0.29, 0.717) is 29.3 Å². The summed E-state index contributed by atoms with van der Waals surface area (Å²) in [5.74, 6) is 3.42. The van der Waals surface area contributed by atoms with Crippen molar-refractivity contribution in [1.82, 2.24) is 19.5 Å². The van der Waals surface area contributed by atoms with Crippen molar-refractivity contribution < 1.29 is 9.53 Å². The topological polar surface area (TPSA) is 83.5 Å². The first-order valence-electron chi connectivity index (χ1n) is 12.8. The van der Waals surface area contributed by atoms with Crippen molar-refractivity contribution in [3.8, 4) is 35.3 Å². The number of hydrogen-bond donors (Lipinski definition) is 0. The molecule has 1 aliphatic heterocycles. The highest BCUT2D eigenvalue weighted by Crippen LogP contribution is 2.47. The molecule has 3 aromatic rings. The quantitative estimate of drug-likeness (QED) is 0.496. The summed E-state index contributed by atoms with van der Waals surface area (Å²) in [6.45, 7) is 4.08. The van der Waals surface area contributed by atoms with Crippen molar-refractivity contribution >= 4 is 11.4 Å². The number of hydrogen-bond acceptors (Lipinski definition) is 5. The van der Waals surface area contributed by atoms with Crippen LogP contribution in [0.5, 0.6) is 5.75 Å². The van der Waals surface area contributed by atoms with E-state index in [1.54, 1.807) is 16.9 Å². The van der Waals surface area contributed by atoms with Gasteiger partial charge in [-0.25, -0.2) is 4.52 Å². The molecule has 4 heterocycles. The molecular formula is C29H31N5O2. The predicted molar refractivity (Wildman–Crippen MR) is 137 cm³/mol. The van der Waals surface area contributed by atoms with Crippen molar-refractivity contribution in [2.75, 3.05) is 19.7 Å². The third kappa shape index (κ3) is 4.66. The lowest BCUT2D eigenvalue weighted by Crippen LogP contribution is -2.44. The molecule has 36 heavy (non-hydrogen) atoms. The summed E-state index contributed by atoms with van der Waals surface area (Å²) in [4.78, 5) is 18.4. The van der Waals surface area contributed by atoms with Gasteiger partial charge in [0.25, 0.3) is 5.91 Å². The minimum absolute atomic E-state index is 0.171. The van der Waals surface area contributed by atoms with Crippen molar-refractivity contribution in [3.63, 3.8) is 0 Å². The second-order valence-electron chi connectivity index (χ2n) is 10.1. The van der Waals surface area contributed by atoms with Crippen molar-refractivity contribution in [2.45, 2.75) is 51.9 Å². The van der Waals surface area contributed by atoms with Crippen LogP contribution in [0.25, 0.3) is 16.6 Å². The molecule has 7 nitrogen and oxygen atoms in total. The van der Waals surface area contributed by atoms with Gasteiger partial charge in [-0.2, -0.15) is 10.4 Å². The monoisotopic (exact) mass is 481 g/mol. The Kier molecular flexibility index (Phi) is 6.65. The maximum atomic E-state index is 11.8. The van der Waals surface area contributed by atoms with Gasteiger partial charge in [0.15, 0.2) is 0 Å². The van der Waals surface area contributed by atoms with Crippen LogP contribution in [-0.2, 0) is 11.2 Å². The fourth-order valence-electron chi connectivity index (χ4n) is 5.91. The summed E-state index contributed by atoms with van der Waals surface area (Å²) in [6, 6.07) is 8.39. The molecule has 0 N–H and O–H groups in total. The second-order valence-corrected chi connectivity index (χ2v) is 10.1. The highest BCUT2D eigenvalue weighted by atomic mass is 16.5. The number of nitriles is 1. The summed E-state index contributed by atoms with van der Waals surface area (Å²) in [5, 5.41) is 13.9. The Morgan fingerprint density at radius 1 is 1.22 bits per heavy atom. The zero-order valence-electron chi connectivity index (χ0n) is 20.7. The van der Waals surface area contributed by atoms with Gasteiger partial charge >= 0.3 is 0 Å². The summed E-state index contributed by atoms with van der Waals surface area (Å²) in [7, 11) is 0. The Morgan fingerprint density at radius 2 is 2.00 bits per heavy atom. The molecular weight excluding hydrogens is 450 g/mol. The zero-order valence-corrected chi connectivity index (χ0v) is 20.7. The average molecular weight is 482 g/mol. The van der Waals surface area contributed by atoms with E-state index in [0.717, 1.165) is 54.7 Å². The van der Waals surface area contributed by atoms with Crippen LogP contribution < -0.4 is 4.74 Å². The third-order valence-corrected chi connectivity index (χ3v) is 8.05. The van der Waals surface area contributed by atoms with Gasteiger partial charge in [-0.1, -0.05) is 6.07 Å². The molecule has 0 radical (unpaired) electrons. The first kappa shape index (κ1) is 23.9. The van der Waals surface area contributed by atoms with Crippen molar-refractivity contribution in [2.24, 2.45) is 11.3 Å². The minimum Gasteiger partial charge on any atom is -0.492 e. The number of likely N-dealkylation sites (tertiary alicyclic amines) is 1. The summed E-state index contributed by atoms with van der Waals surface area (Å²) in [5.41, 5.74) is 4.60. The molecule has 5 rings (SSSR count). The van der Waals surface area contributed by atoms with Crippen molar-refractivity contribution in [3.05, 3.63) is 48.0 Å². The van der Waals surface area contributed by atoms with Gasteiger partial charge in [-0.3, -0.25) is 9.78 Å². The summed E-state index contributed by atoms with van der Waals surface area (Å²) < 4.78 is 7.43. The van der Waals surface area contributed by atoms with Crippen LogP contribution in [0.2, 0.25) is 0 Å². The molecule has 0 bridgehead atoms. The Labute approximate surface area is 212 Å². The maximum Gasteiger partial charge on any atom is 0.298 e. The number of rotatable bonds is 5. The van der Waals surface area contributed by atoms with Crippen LogP contribution in [-0.4, -0.2) is 45.1 Å². The molecule has 7 heteroatoms. The standard InChI is InChI=1S/C29H31N5O2/c1-3-27(35)33-13-11-29(12-14-33)9-7-21(8-10-29)15-24-6-5-22(18-31-24)26-16-25(36-4-2)20-34-28(26)23(17-30)19-32-34/h1,5-6,16,18-21H,4,7-15H2,2H3. The molecule has 2 fully saturated rings. The van der Waals surface area contributed by atoms with Gasteiger partial charge in [0, 0.05) is 36.1 Å². The second kappa shape index (κ2) is 10.0. The summed E-state index contributed by atoms with van der Waals surface area (Å²) in [6.07, 6.45) is 18.5. The molecule has 0 aromatic carbocycles. The van der Waals surface area contributed by atoms with Gasteiger partial charge in [-0.15, -0.1) is 6.42 Å². The zero-order chi connectivity index (χ0) is 25.1. The van der Waals surface area contributed by atoms with Crippen molar-refractivity contribution in [1.29, 1.82) is 5.26 Å². The smallest absolute Gasteiger partial charge is 0.298 e. The number of carbonyl (C=O) groups excluding carboxylic acids is 1. The van der Waals surface area contributed by atoms with E-state index in [4.69, 9.17) is 16.1 Å². The Morgan fingerprint density at radius 3 is 2.64 bits per heavy atom.